The Bertz CT molecular complexity index is 67.0. The van der Waals surface area contributed by atoms with Gasteiger partial charge in [-0.25, -0.2) is 0 Å². The van der Waals surface area contributed by atoms with Crippen LogP contribution >= 0.6 is 0 Å². The fourth-order valence-electron chi connectivity index (χ4n) is 0.957. The van der Waals surface area contributed by atoms with Crippen LogP contribution in [-0.4, -0.2) is 28.2 Å². The van der Waals surface area contributed by atoms with E-state index >= 15 is 0 Å². The summed E-state index contributed by atoms with van der Waals surface area (Å²) in [6.07, 6.45) is 1.32. The third-order valence-electron chi connectivity index (χ3n) is 1.86. The summed E-state index contributed by atoms with van der Waals surface area (Å²) in [5.74, 6) is 0. The Labute approximate surface area is 53.2 Å². The van der Waals surface area contributed by atoms with Crippen LogP contribution in [0.3, 0.4) is 0 Å². The van der Waals surface area contributed by atoms with E-state index < -0.39 is 13.9 Å². The summed E-state index contributed by atoms with van der Waals surface area (Å²) < 4.78 is 10.6. The Balaban J connectivity index is 2.33. The zero-order valence-electron chi connectivity index (χ0n) is 5.44. The van der Waals surface area contributed by atoms with E-state index in [1.807, 2.05) is 0 Å². The van der Waals surface area contributed by atoms with Gasteiger partial charge < -0.3 is 0 Å². The summed E-state index contributed by atoms with van der Waals surface area (Å²) in [5, 5.41) is 2.49. The Morgan fingerprint density at radius 2 is 1.62 bits per heavy atom. The van der Waals surface area contributed by atoms with Crippen LogP contribution in [-0.2, 0) is 7.53 Å². The van der Waals surface area contributed by atoms with Gasteiger partial charge in [0.25, 0.3) is 0 Å². The molecule has 1 saturated heterocycles. The van der Waals surface area contributed by atoms with Crippen molar-refractivity contribution in [1.29, 1.82) is 0 Å². The molecule has 0 aromatic heterocycles. The van der Waals surface area contributed by atoms with Gasteiger partial charge in [0.2, 0.25) is 0 Å². The second-order valence-electron chi connectivity index (χ2n) is 2.17. The predicted octanol–water partition coefficient (Wildman–Crippen LogP) is 1.13. The molecule has 0 saturated carbocycles. The van der Waals surface area contributed by atoms with Crippen LogP contribution in [0.15, 0.2) is 0 Å². The van der Waals surface area contributed by atoms with Gasteiger partial charge in [-0.3, -0.25) is 0 Å². The van der Waals surface area contributed by atoms with Gasteiger partial charge in [0, 0.05) is 0 Å². The Morgan fingerprint density at radius 3 is 1.62 bits per heavy atom. The maximum atomic E-state index is 5.29. The maximum absolute atomic E-state index is 5.29. The molecule has 1 rings (SSSR count). The molecule has 1 fully saturated rings. The molecule has 0 atom stereocenters. The van der Waals surface area contributed by atoms with E-state index in [0.717, 1.165) is 0 Å². The summed E-state index contributed by atoms with van der Waals surface area (Å²) in [7, 11) is 3.56. The first-order valence-electron chi connectivity index (χ1n) is 2.93. The molecule has 3 heteroatoms. The summed E-state index contributed by atoms with van der Waals surface area (Å²) >= 11 is -1.94. The molecule has 0 spiro atoms. The van der Waals surface area contributed by atoms with Gasteiger partial charge in [0.15, 0.2) is 0 Å². The molecule has 0 aromatic carbocycles. The Morgan fingerprint density at radius 1 is 1.12 bits per heavy atom. The molecule has 1 aliphatic rings. The average molecular weight is 177 g/mol. The normalized spacial score (nSPS) is 24.8. The summed E-state index contributed by atoms with van der Waals surface area (Å²) in [6.45, 7) is 0. The molecule has 0 aliphatic carbocycles. The van der Waals surface area contributed by atoms with Crippen molar-refractivity contribution in [2.75, 3.05) is 14.2 Å². The minimum absolute atomic E-state index is 1.24. The van der Waals surface area contributed by atoms with Crippen molar-refractivity contribution in [1.82, 2.24) is 0 Å². The van der Waals surface area contributed by atoms with Gasteiger partial charge in [-0.1, -0.05) is 0 Å². The number of rotatable bonds is 2. The van der Waals surface area contributed by atoms with Crippen LogP contribution in [0.4, 0.5) is 0 Å². The molecule has 0 radical (unpaired) electrons. The second-order valence-corrected chi connectivity index (χ2v) is 9.81. The van der Waals surface area contributed by atoms with Crippen LogP contribution in [0.5, 0.6) is 0 Å². The van der Waals surface area contributed by atoms with Crippen molar-refractivity contribution in [3.8, 4) is 0 Å². The van der Waals surface area contributed by atoms with E-state index in [1.165, 1.54) is 16.9 Å². The quantitative estimate of drug-likeness (QED) is 0.588. The molecule has 48 valence electrons. The van der Waals surface area contributed by atoms with Gasteiger partial charge in [-0.05, 0) is 0 Å². The molecular weight excluding hydrogens is 165 g/mol. The van der Waals surface area contributed by atoms with E-state index in [-0.39, 0.29) is 0 Å². The first-order chi connectivity index (χ1) is 3.83. The first kappa shape index (κ1) is 6.58. The Kier molecular flexibility index (Phi) is 1.95. The van der Waals surface area contributed by atoms with Gasteiger partial charge in [0.05, 0.1) is 0 Å². The fraction of sp³-hybridized carbons (Fsp3) is 1.00. The van der Waals surface area contributed by atoms with Crippen molar-refractivity contribution in [3.63, 3.8) is 0 Å². The molecule has 0 N–H and O–H groups in total. The van der Waals surface area contributed by atoms with E-state index in [9.17, 15) is 0 Å². The van der Waals surface area contributed by atoms with Crippen molar-refractivity contribution >= 4 is 13.9 Å². The van der Waals surface area contributed by atoms with E-state index in [1.54, 1.807) is 14.2 Å². The molecule has 8 heavy (non-hydrogen) atoms. The zero-order chi connectivity index (χ0) is 6.04. The SMILES string of the molecule is C[O][Ge]1([O]C)[CH2]C[CH2]1. The molecule has 0 bridgehead atoms. The molecule has 1 aliphatic heterocycles. The first-order valence-corrected chi connectivity index (χ1v) is 7.61. The van der Waals surface area contributed by atoms with Crippen molar-refractivity contribution in [2.45, 2.75) is 16.9 Å². The molecule has 2 nitrogen and oxygen atoms in total. The average Bonchev–Trinajstić information content (AvgIpc) is 1.67. The van der Waals surface area contributed by atoms with E-state index in [0.29, 0.717) is 0 Å². The van der Waals surface area contributed by atoms with Crippen LogP contribution in [0.2, 0.25) is 10.5 Å². The molecule has 0 amide bonds. The number of hydrogen-bond donors (Lipinski definition) is 0. The second kappa shape index (κ2) is 2.37. The van der Waals surface area contributed by atoms with Gasteiger partial charge in [-0.15, -0.1) is 0 Å². The fourth-order valence-corrected chi connectivity index (χ4v) is 4.97. The molecule has 0 unspecified atom stereocenters. The topological polar surface area (TPSA) is 18.5 Å². The summed E-state index contributed by atoms with van der Waals surface area (Å²) in [5.41, 5.74) is 0. The monoisotopic (exact) mass is 178 g/mol. The zero-order valence-corrected chi connectivity index (χ0v) is 7.54. The summed E-state index contributed by atoms with van der Waals surface area (Å²) in [4.78, 5) is 0. The standard InChI is InChI=1S/C5H12GeO2/c1-7-6(8-2)4-3-5-6/h3-5H2,1-2H3. The van der Waals surface area contributed by atoms with Crippen LogP contribution in [0.25, 0.3) is 0 Å². The van der Waals surface area contributed by atoms with Gasteiger partial charge in [0.1, 0.15) is 0 Å². The van der Waals surface area contributed by atoms with Gasteiger partial charge >= 0.3 is 52.6 Å². The van der Waals surface area contributed by atoms with E-state index in [2.05, 4.69) is 0 Å². The predicted molar refractivity (Wildman–Crippen MR) is 34.0 cm³/mol. The van der Waals surface area contributed by atoms with Crippen molar-refractivity contribution in [3.05, 3.63) is 0 Å². The van der Waals surface area contributed by atoms with Crippen molar-refractivity contribution in [2.24, 2.45) is 0 Å². The third kappa shape index (κ3) is 0.922. The Hall–Kier alpha value is 0.463. The minimum atomic E-state index is -1.94. The van der Waals surface area contributed by atoms with Gasteiger partial charge in [-0.2, -0.15) is 0 Å². The van der Waals surface area contributed by atoms with Crippen LogP contribution in [0.1, 0.15) is 6.42 Å². The van der Waals surface area contributed by atoms with Crippen molar-refractivity contribution < 1.29 is 7.53 Å². The molecule has 1 heterocycles. The van der Waals surface area contributed by atoms with E-state index in [4.69, 9.17) is 7.53 Å². The van der Waals surface area contributed by atoms with Crippen LogP contribution in [0, 0.1) is 0 Å². The molecular formula is C5H12GeO2. The number of hydrogen-bond acceptors (Lipinski definition) is 2. The summed E-state index contributed by atoms with van der Waals surface area (Å²) in [6, 6.07) is 0. The van der Waals surface area contributed by atoms with Crippen LogP contribution < -0.4 is 0 Å². The molecule has 0 aromatic rings. The third-order valence-corrected chi connectivity index (χ3v) is 9.66.